The van der Waals surface area contributed by atoms with Gasteiger partial charge in [-0.25, -0.2) is 0 Å². The first kappa shape index (κ1) is 16.0. The Morgan fingerprint density at radius 3 is 2.71 bits per heavy atom. The number of carbonyl (C=O) groups excluding carboxylic acids is 2. The Balaban J connectivity index is 1.93. The van der Waals surface area contributed by atoms with Crippen molar-refractivity contribution in [1.29, 1.82) is 0 Å². The molecule has 21 heavy (non-hydrogen) atoms. The average molecular weight is 355 g/mol. The summed E-state index contributed by atoms with van der Waals surface area (Å²) in [6.45, 7) is 0.948. The first-order valence-corrected chi connectivity index (χ1v) is 7.77. The molecule has 0 unspecified atom stereocenters. The van der Waals surface area contributed by atoms with Crippen LogP contribution in [0, 0.1) is 0 Å². The number of nitrogens with one attached hydrogen (secondary N) is 1. The highest BCUT2D eigenvalue weighted by atomic mass is 79.9. The Hall–Kier alpha value is -1.40. The molecule has 1 fully saturated rings. The number of rotatable bonds is 4. The van der Waals surface area contributed by atoms with Crippen molar-refractivity contribution in [2.24, 2.45) is 0 Å². The number of carbonyl (C=O) groups is 2. The van der Waals surface area contributed by atoms with Gasteiger partial charge in [0, 0.05) is 10.2 Å². The minimum atomic E-state index is -0.306. The zero-order valence-corrected chi connectivity index (χ0v) is 13.6. The molecule has 1 aromatic carbocycles. The molecule has 0 aliphatic carbocycles. The maximum absolute atomic E-state index is 12.1. The van der Waals surface area contributed by atoms with E-state index in [4.69, 9.17) is 4.74 Å². The van der Waals surface area contributed by atoms with Crippen LogP contribution < -0.4 is 5.32 Å². The highest BCUT2D eigenvalue weighted by molar-refractivity contribution is 9.10. The normalized spacial score (nSPS) is 19.0. The van der Waals surface area contributed by atoms with Crippen molar-refractivity contribution in [2.45, 2.75) is 25.3 Å². The van der Waals surface area contributed by atoms with E-state index in [0.717, 1.165) is 36.0 Å². The van der Waals surface area contributed by atoms with Crippen molar-refractivity contribution in [3.05, 3.63) is 28.7 Å². The number of nitrogens with zero attached hydrogens (tertiary/aromatic N) is 1. The number of methoxy groups -OCH3 is 1. The van der Waals surface area contributed by atoms with Crippen molar-refractivity contribution >= 4 is 33.5 Å². The highest BCUT2D eigenvalue weighted by Crippen LogP contribution is 2.18. The van der Waals surface area contributed by atoms with Crippen LogP contribution in [0.4, 0.5) is 5.69 Å². The van der Waals surface area contributed by atoms with Crippen LogP contribution in [-0.2, 0) is 14.3 Å². The smallest absolute Gasteiger partial charge is 0.323 e. The molecule has 1 atom stereocenters. The molecule has 1 heterocycles. The lowest BCUT2D eigenvalue weighted by molar-refractivity contribution is -0.148. The van der Waals surface area contributed by atoms with Gasteiger partial charge in [0.25, 0.3) is 0 Å². The number of benzene rings is 1. The molecule has 6 heteroatoms. The van der Waals surface area contributed by atoms with Crippen LogP contribution in [0.25, 0.3) is 0 Å². The van der Waals surface area contributed by atoms with E-state index in [1.54, 1.807) is 0 Å². The number of likely N-dealkylation sites (tertiary alicyclic amines) is 1. The molecule has 1 amide bonds. The second-order valence-electron chi connectivity index (χ2n) is 5.06. The molecule has 0 aromatic heterocycles. The fourth-order valence-corrected chi connectivity index (χ4v) is 2.77. The van der Waals surface area contributed by atoms with E-state index in [2.05, 4.69) is 21.2 Å². The van der Waals surface area contributed by atoms with Crippen LogP contribution in [0.3, 0.4) is 0 Å². The van der Waals surface area contributed by atoms with Crippen LogP contribution in [0.5, 0.6) is 0 Å². The fraction of sp³-hybridized carbons (Fsp3) is 0.467. The van der Waals surface area contributed by atoms with Gasteiger partial charge in [-0.2, -0.15) is 0 Å². The summed E-state index contributed by atoms with van der Waals surface area (Å²) in [6, 6.07) is 7.09. The number of amides is 1. The molecule has 5 nitrogen and oxygen atoms in total. The fourth-order valence-electron chi connectivity index (χ4n) is 2.50. The van der Waals surface area contributed by atoms with E-state index >= 15 is 0 Å². The molecule has 0 bridgehead atoms. The molecule has 1 aliphatic heterocycles. The summed E-state index contributed by atoms with van der Waals surface area (Å²) in [5.41, 5.74) is 0.745. The number of piperidine rings is 1. The van der Waals surface area contributed by atoms with Crippen molar-refractivity contribution in [3.8, 4) is 0 Å². The first-order valence-electron chi connectivity index (χ1n) is 6.97. The Bertz CT molecular complexity index is 504. The summed E-state index contributed by atoms with van der Waals surface area (Å²) in [5.74, 6) is -0.376. The zero-order valence-electron chi connectivity index (χ0n) is 12.0. The molecule has 0 saturated carbocycles. The summed E-state index contributed by atoms with van der Waals surface area (Å²) < 4.78 is 5.78. The topological polar surface area (TPSA) is 58.6 Å². The van der Waals surface area contributed by atoms with Crippen LogP contribution in [0.1, 0.15) is 19.3 Å². The van der Waals surface area contributed by atoms with Gasteiger partial charge in [-0.1, -0.05) is 22.4 Å². The van der Waals surface area contributed by atoms with Crippen LogP contribution in [-0.4, -0.2) is 43.0 Å². The van der Waals surface area contributed by atoms with Gasteiger partial charge in [-0.05, 0) is 43.7 Å². The summed E-state index contributed by atoms with van der Waals surface area (Å²) in [5, 5.41) is 2.84. The maximum atomic E-state index is 12.1. The predicted octanol–water partition coefficient (Wildman–Crippen LogP) is 2.42. The number of hydrogen-bond donors (Lipinski definition) is 1. The van der Waals surface area contributed by atoms with Crippen molar-refractivity contribution in [1.82, 2.24) is 4.90 Å². The number of ether oxygens (including phenoxy) is 1. The SMILES string of the molecule is COC(=O)[C@H]1CCCCN1CC(=O)Nc1ccc(Br)cc1. The summed E-state index contributed by atoms with van der Waals surface area (Å²) in [7, 11) is 1.39. The van der Waals surface area contributed by atoms with Crippen LogP contribution in [0.15, 0.2) is 28.7 Å². The maximum Gasteiger partial charge on any atom is 0.323 e. The van der Waals surface area contributed by atoms with E-state index in [1.807, 2.05) is 29.2 Å². The van der Waals surface area contributed by atoms with E-state index in [0.29, 0.717) is 0 Å². The largest absolute Gasteiger partial charge is 0.468 e. The second kappa shape index (κ2) is 7.56. The molecule has 0 radical (unpaired) electrons. The molecule has 2 rings (SSSR count). The van der Waals surface area contributed by atoms with E-state index in [1.165, 1.54) is 7.11 Å². The Labute approximate surface area is 132 Å². The monoisotopic (exact) mass is 354 g/mol. The van der Waals surface area contributed by atoms with Crippen LogP contribution in [0.2, 0.25) is 0 Å². The third-order valence-corrected chi connectivity index (χ3v) is 4.09. The minimum absolute atomic E-state index is 0.117. The standard InChI is InChI=1S/C15H19BrN2O3/c1-21-15(20)13-4-2-3-9-18(13)10-14(19)17-12-7-5-11(16)6-8-12/h5-8,13H,2-4,9-10H2,1H3,(H,17,19)/t13-/m1/s1. The zero-order chi connectivity index (χ0) is 15.2. The molecule has 114 valence electrons. The third-order valence-electron chi connectivity index (χ3n) is 3.56. The Kier molecular flexibility index (Phi) is 5.76. The molecule has 1 aromatic rings. The van der Waals surface area contributed by atoms with Gasteiger partial charge in [-0.3, -0.25) is 14.5 Å². The Morgan fingerprint density at radius 1 is 1.33 bits per heavy atom. The molecular weight excluding hydrogens is 336 g/mol. The molecule has 1 saturated heterocycles. The average Bonchev–Trinajstić information content (AvgIpc) is 2.49. The van der Waals surface area contributed by atoms with E-state index in [-0.39, 0.29) is 24.5 Å². The lowest BCUT2D eigenvalue weighted by Crippen LogP contribution is -2.48. The highest BCUT2D eigenvalue weighted by Gasteiger charge is 2.30. The van der Waals surface area contributed by atoms with Gasteiger partial charge in [0.1, 0.15) is 6.04 Å². The van der Waals surface area contributed by atoms with E-state index < -0.39 is 0 Å². The van der Waals surface area contributed by atoms with Gasteiger partial charge >= 0.3 is 5.97 Å². The predicted molar refractivity (Wildman–Crippen MR) is 84.0 cm³/mol. The van der Waals surface area contributed by atoms with Gasteiger partial charge in [0.2, 0.25) is 5.91 Å². The minimum Gasteiger partial charge on any atom is -0.468 e. The lowest BCUT2D eigenvalue weighted by atomic mass is 10.0. The lowest BCUT2D eigenvalue weighted by Gasteiger charge is -2.32. The summed E-state index contributed by atoms with van der Waals surface area (Å²) in [6.07, 6.45) is 2.74. The van der Waals surface area contributed by atoms with Crippen molar-refractivity contribution < 1.29 is 14.3 Å². The van der Waals surface area contributed by atoms with Gasteiger partial charge in [0.15, 0.2) is 0 Å². The van der Waals surface area contributed by atoms with Gasteiger partial charge in [-0.15, -0.1) is 0 Å². The second-order valence-corrected chi connectivity index (χ2v) is 5.98. The van der Waals surface area contributed by atoms with Crippen LogP contribution >= 0.6 is 15.9 Å². The summed E-state index contributed by atoms with van der Waals surface area (Å²) >= 11 is 3.35. The molecule has 1 aliphatic rings. The summed E-state index contributed by atoms with van der Waals surface area (Å²) in [4.78, 5) is 25.8. The molecular formula is C15H19BrN2O3. The Morgan fingerprint density at radius 2 is 2.05 bits per heavy atom. The van der Waals surface area contributed by atoms with Crippen molar-refractivity contribution in [2.75, 3.05) is 25.5 Å². The third kappa shape index (κ3) is 4.54. The number of hydrogen-bond acceptors (Lipinski definition) is 4. The van der Waals surface area contributed by atoms with Gasteiger partial charge in [0.05, 0.1) is 13.7 Å². The van der Waals surface area contributed by atoms with Gasteiger partial charge < -0.3 is 10.1 Å². The number of halogens is 1. The quantitative estimate of drug-likeness (QED) is 0.843. The van der Waals surface area contributed by atoms with E-state index in [9.17, 15) is 9.59 Å². The number of esters is 1. The first-order chi connectivity index (χ1) is 10.1. The molecule has 0 spiro atoms. The number of anilines is 1. The molecule has 1 N–H and O–H groups in total. The van der Waals surface area contributed by atoms with Crippen molar-refractivity contribution in [3.63, 3.8) is 0 Å².